The average Bonchev–Trinajstić information content (AvgIpc) is 3.53. The van der Waals surface area contributed by atoms with Gasteiger partial charge in [0.05, 0.1) is 16.6 Å². The van der Waals surface area contributed by atoms with Gasteiger partial charge in [-0.05, 0) is 43.5 Å². The number of aromatic nitrogens is 3. The molecule has 1 aliphatic heterocycles. The molecular formula is C22H24N4O3. The first kappa shape index (κ1) is 18.0. The van der Waals surface area contributed by atoms with Crippen molar-refractivity contribution in [1.82, 2.24) is 19.7 Å². The maximum absolute atomic E-state index is 13.4. The third kappa shape index (κ3) is 3.20. The fourth-order valence-corrected chi connectivity index (χ4v) is 3.96. The minimum atomic E-state index is -0.0229. The number of hydrogen-bond donors (Lipinski definition) is 0. The van der Waals surface area contributed by atoms with E-state index in [4.69, 9.17) is 14.5 Å². The topological polar surface area (TPSA) is 69.5 Å². The quantitative estimate of drug-likeness (QED) is 0.682. The van der Waals surface area contributed by atoms with Crippen LogP contribution in [0.2, 0.25) is 0 Å². The van der Waals surface area contributed by atoms with Crippen LogP contribution in [0.5, 0.6) is 11.5 Å². The van der Waals surface area contributed by atoms with Crippen molar-refractivity contribution >= 4 is 16.9 Å². The molecule has 1 amide bonds. The fourth-order valence-electron chi connectivity index (χ4n) is 3.96. The number of rotatable bonds is 4. The zero-order valence-corrected chi connectivity index (χ0v) is 16.9. The number of fused-ring (bicyclic) bond motifs is 2. The van der Waals surface area contributed by atoms with Crippen LogP contribution in [-0.2, 0) is 13.6 Å². The molecule has 1 fully saturated rings. The van der Waals surface area contributed by atoms with E-state index in [1.54, 1.807) is 9.58 Å². The summed E-state index contributed by atoms with van der Waals surface area (Å²) in [6.07, 6.45) is 2.27. The van der Waals surface area contributed by atoms with Crippen molar-refractivity contribution < 1.29 is 14.3 Å². The zero-order valence-electron chi connectivity index (χ0n) is 16.9. The van der Waals surface area contributed by atoms with Crippen molar-refractivity contribution in [3.8, 4) is 11.5 Å². The number of benzene rings is 1. The Kier molecular flexibility index (Phi) is 4.19. The number of carbonyl (C=O) groups is 1. The lowest BCUT2D eigenvalue weighted by Gasteiger charge is -2.21. The molecule has 2 aromatic heterocycles. The van der Waals surface area contributed by atoms with Gasteiger partial charge in [-0.15, -0.1) is 0 Å². The molecule has 0 N–H and O–H groups in total. The van der Waals surface area contributed by atoms with Crippen molar-refractivity contribution in [3.05, 3.63) is 46.8 Å². The Hall–Kier alpha value is -3.09. The molecule has 1 aromatic carbocycles. The molecule has 0 saturated heterocycles. The van der Waals surface area contributed by atoms with Gasteiger partial charge >= 0.3 is 0 Å². The van der Waals surface area contributed by atoms with Crippen molar-refractivity contribution in [2.24, 2.45) is 7.05 Å². The molecule has 7 nitrogen and oxygen atoms in total. The predicted octanol–water partition coefficient (Wildman–Crippen LogP) is 3.20. The van der Waals surface area contributed by atoms with Gasteiger partial charge in [0, 0.05) is 32.3 Å². The summed E-state index contributed by atoms with van der Waals surface area (Å²) in [5.74, 6) is 1.93. The van der Waals surface area contributed by atoms with Crippen molar-refractivity contribution in [1.29, 1.82) is 0 Å². The average molecular weight is 392 g/mol. The van der Waals surface area contributed by atoms with Gasteiger partial charge in [-0.3, -0.25) is 9.48 Å². The van der Waals surface area contributed by atoms with E-state index in [0.717, 1.165) is 52.3 Å². The van der Waals surface area contributed by atoms with Gasteiger partial charge in [0.25, 0.3) is 5.91 Å². The van der Waals surface area contributed by atoms with E-state index >= 15 is 0 Å². The summed E-state index contributed by atoms with van der Waals surface area (Å²) in [4.78, 5) is 19.9. The SMILES string of the molecule is Cc1nn(C)c2nc(C3CC3)cc(C(=O)N(C)Cc3ccc4c(c3)OCCO4)c12. The highest BCUT2D eigenvalue weighted by Gasteiger charge is 2.29. The molecule has 1 saturated carbocycles. The van der Waals surface area contributed by atoms with Gasteiger partial charge in [0.15, 0.2) is 17.1 Å². The highest BCUT2D eigenvalue weighted by atomic mass is 16.6. The molecule has 3 heterocycles. The van der Waals surface area contributed by atoms with Crippen molar-refractivity contribution in [2.45, 2.75) is 32.2 Å². The van der Waals surface area contributed by atoms with Gasteiger partial charge in [0.2, 0.25) is 0 Å². The van der Waals surface area contributed by atoms with E-state index in [-0.39, 0.29) is 5.91 Å². The van der Waals surface area contributed by atoms with E-state index in [9.17, 15) is 4.79 Å². The molecule has 0 bridgehead atoms. The number of aryl methyl sites for hydroxylation is 2. The number of carbonyl (C=O) groups excluding carboxylic acids is 1. The molecule has 0 spiro atoms. The van der Waals surface area contributed by atoms with Crippen LogP contribution in [0.15, 0.2) is 24.3 Å². The second-order valence-electron chi connectivity index (χ2n) is 7.92. The Labute approximate surface area is 169 Å². The van der Waals surface area contributed by atoms with Crippen LogP contribution in [0.25, 0.3) is 11.0 Å². The highest BCUT2D eigenvalue weighted by molar-refractivity contribution is 6.06. The van der Waals surface area contributed by atoms with Crippen LogP contribution >= 0.6 is 0 Å². The second-order valence-corrected chi connectivity index (χ2v) is 7.92. The van der Waals surface area contributed by atoms with Crippen molar-refractivity contribution in [2.75, 3.05) is 20.3 Å². The molecule has 7 heteroatoms. The maximum Gasteiger partial charge on any atom is 0.254 e. The number of nitrogens with zero attached hydrogens (tertiary/aromatic N) is 4. The Bertz CT molecular complexity index is 1120. The van der Waals surface area contributed by atoms with E-state index in [1.165, 1.54) is 0 Å². The fraction of sp³-hybridized carbons (Fsp3) is 0.409. The van der Waals surface area contributed by atoms with Crippen LogP contribution in [0.4, 0.5) is 0 Å². The maximum atomic E-state index is 13.4. The number of hydrogen-bond acceptors (Lipinski definition) is 5. The Morgan fingerprint density at radius 1 is 1.21 bits per heavy atom. The van der Waals surface area contributed by atoms with Gasteiger partial charge < -0.3 is 14.4 Å². The van der Waals surface area contributed by atoms with Gasteiger partial charge in [-0.25, -0.2) is 4.98 Å². The monoisotopic (exact) mass is 392 g/mol. The Morgan fingerprint density at radius 3 is 2.72 bits per heavy atom. The van der Waals surface area contributed by atoms with Gasteiger partial charge in [0.1, 0.15) is 13.2 Å². The molecule has 29 heavy (non-hydrogen) atoms. The highest BCUT2D eigenvalue weighted by Crippen LogP contribution is 2.40. The predicted molar refractivity (Wildman–Crippen MR) is 108 cm³/mol. The van der Waals surface area contributed by atoms with Crippen molar-refractivity contribution in [3.63, 3.8) is 0 Å². The summed E-state index contributed by atoms with van der Waals surface area (Å²) in [5, 5.41) is 5.34. The van der Waals surface area contributed by atoms with E-state index in [1.807, 2.05) is 45.3 Å². The van der Waals surface area contributed by atoms with Crippen LogP contribution in [0, 0.1) is 6.92 Å². The molecule has 2 aliphatic rings. The third-order valence-corrected chi connectivity index (χ3v) is 5.59. The normalized spacial score (nSPS) is 15.6. The minimum Gasteiger partial charge on any atom is -0.486 e. The molecule has 0 unspecified atom stereocenters. The Morgan fingerprint density at radius 2 is 1.97 bits per heavy atom. The summed E-state index contributed by atoms with van der Waals surface area (Å²) in [6, 6.07) is 7.80. The van der Waals surface area contributed by atoms with E-state index < -0.39 is 0 Å². The largest absolute Gasteiger partial charge is 0.486 e. The molecular weight excluding hydrogens is 368 g/mol. The molecule has 3 aromatic rings. The summed E-state index contributed by atoms with van der Waals surface area (Å²) in [7, 11) is 3.71. The minimum absolute atomic E-state index is 0.0229. The molecule has 0 atom stereocenters. The summed E-state index contributed by atoms with van der Waals surface area (Å²) in [5.41, 5.74) is 4.29. The van der Waals surface area contributed by atoms with Crippen LogP contribution in [0.3, 0.4) is 0 Å². The smallest absolute Gasteiger partial charge is 0.254 e. The zero-order chi connectivity index (χ0) is 20.1. The van der Waals surface area contributed by atoms with E-state index in [0.29, 0.717) is 31.2 Å². The third-order valence-electron chi connectivity index (χ3n) is 5.59. The molecule has 5 rings (SSSR count). The van der Waals surface area contributed by atoms with Crippen LogP contribution < -0.4 is 9.47 Å². The molecule has 1 aliphatic carbocycles. The summed E-state index contributed by atoms with van der Waals surface area (Å²) >= 11 is 0. The standard InChI is InChI=1S/C22H24N4O3/c1-13-20-16(11-17(15-5-6-15)23-21(20)26(3)24-13)22(27)25(2)12-14-4-7-18-19(10-14)29-9-8-28-18/h4,7,10-11,15H,5-6,8-9,12H2,1-3H3. The number of ether oxygens (including phenoxy) is 2. The lowest BCUT2D eigenvalue weighted by molar-refractivity contribution is 0.0786. The lowest BCUT2D eigenvalue weighted by atomic mass is 10.1. The van der Waals surface area contributed by atoms with Crippen LogP contribution in [-0.4, -0.2) is 45.8 Å². The Balaban J connectivity index is 1.47. The molecule has 150 valence electrons. The number of pyridine rings is 1. The first-order valence-corrected chi connectivity index (χ1v) is 9.99. The first-order chi connectivity index (χ1) is 14.0. The summed E-state index contributed by atoms with van der Waals surface area (Å²) in [6.45, 7) is 3.52. The second kappa shape index (κ2) is 6.76. The summed E-state index contributed by atoms with van der Waals surface area (Å²) < 4.78 is 13.0. The van der Waals surface area contributed by atoms with E-state index in [2.05, 4.69) is 5.10 Å². The first-order valence-electron chi connectivity index (χ1n) is 9.99. The number of amides is 1. The van der Waals surface area contributed by atoms with Gasteiger partial charge in [-0.2, -0.15) is 5.10 Å². The molecule has 0 radical (unpaired) electrons. The van der Waals surface area contributed by atoms with Gasteiger partial charge in [-0.1, -0.05) is 6.07 Å². The van der Waals surface area contributed by atoms with Crippen LogP contribution in [0.1, 0.15) is 46.1 Å². The lowest BCUT2D eigenvalue weighted by Crippen LogP contribution is -2.27.